The lowest BCUT2D eigenvalue weighted by atomic mass is 9.95. The minimum atomic E-state index is -0.775. The van der Waals surface area contributed by atoms with Gasteiger partial charge in [0, 0.05) is 19.5 Å². The molecule has 0 spiro atoms. The van der Waals surface area contributed by atoms with Crippen LogP contribution in [0.1, 0.15) is 37.9 Å². The molecule has 0 N–H and O–H groups in total. The summed E-state index contributed by atoms with van der Waals surface area (Å²) in [5.74, 6) is -1.69. The van der Waals surface area contributed by atoms with Gasteiger partial charge in [-0.1, -0.05) is 0 Å². The summed E-state index contributed by atoms with van der Waals surface area (Å²) in [4.78, 5) is 43.8. The molecule has 10 nitrogen and oxygen atoms in total. The maximum atomic E-state index is 12.4. The SMILES string of the molecule is COC(=O)c1c(C)nc(C)c(C(=O)OC)c1-c1c([N+](=O)[O-])nc(C)n1C. The number of ether oxygens (including phenoxy) is 2. The molecule has 0 radical (unpaired) electrons. The van der Waals surface area contributed by atoms with E-state index in [1.807, 2.05) is 0 Å². The van der Waals surface area contributed by atoms with Crippen LogP contribution in [0.15, 0.2) is 0 Å². The van der Waals surface area contributed by atoms with Crippen LogP contribution < -0.4 is 0 Å². The van der Waals surface area contributed by atoms with Gasteiger partial charge >= 0.3 is 17.8 Å². The third-order valence-corrected chi connectivity index (χ3v) is 4.05. The molecule has 0 fully saturated rings. The molecule has 26 heavy (non-hydrogen) atoms. The van der Waals surface area contributed by atoms with Gasteiger partial charge in [-0.3, -0.25) is 4.98 Å². The van der Waals surface area contributed by atoms with Crippen molar-refractivity contribution in [2.24, 2.45) is 7.05 Å². The molecule has 2 aromatic rings. The van der Waals surface area contributed by atoms with E-state index in [2.05, 4.69) is 9.97 Å². The second-order valence-electron chi connectivity index (χ2n) is 5.54. The number of hydrogen-bond donors (Lipinski definition) is 0. The molecule has 0 aliphatic carbocycles. The first-order valence-electron chi connectivity index (χ1n) is 7.51. The van der Waals surface area contributed by atoms with Crippen LogP contribution in [-0.2, 0) is 16.5 Å². The number of carbonyl (C=O) groups excluding carboxylic acids is 2. The lowest BCUT2D eigenvalue weighted by molar-refractivity contribution is -0.388. The van der Waals surface area contributed by atoms with Gasteiger partial charge in [0.15, 0.2) is 5.69 Å². The monoisotopic (exact) mass is 362 g/mol. The maximum absolute atomic E-state index is 12.4. The van der Waals surface area contributed by atoms with Gasteiger partial charge < -0.3 is 24.2 Å². The molecule has 0 bridgehead atoms. The summed E-state index contributed by atoms with van der Waals surface area (Å²) in [7, 11) is 3.90. The molecule has 2 rings (SSSR count). The van der Waals surface area contributed by atoms with Crippen molar-refractivity contribution in [3.05, 3.63) is 38.5 Å². The number of nitrogens with zero attached hydrogens (tertiary/aromatic N) is 4. The lowest BCUT2D eigenvalue weighted by Crippen LogP contribution is -2.17. The van der Waals surface area contributed by atoms with Crippen molar-refractivity contribution in [3.8, 4) is 11.3 Å². The number of hydrogen-bond acceptors (Lipinski definition) is 8. The highest BCUT2D eigenvalue weighted by Gasteiger charge is 2.35. The van der Waals surface area contributed by atoms with Gasteiger partial charge in [0.25, 0.3) is 0 Å². The third kappa shape index (κ3) is 2.89. The van der Waals surface area contributed by atoms with Gasteiger partial charge in [0.2, 0.25) is 5.82 Å². The second kappa shape index (κ2) is 6.90. The Hall–Kier alpha value is -3.30. The van der Waals surface area contributed by atoms with E-state index in [-0.39, 0.29) is 33.8 Å². The standard InChI is InChI=1S/C16H18N4O6/c1-7-10(15(21)25-5)12(11(8(2)17-7)16(22)26-6)13-14(20(23)24)18-9(3)19(13)4/h1-6H3. The highest BCUT2D eigenvalue weighted by Crippen LogP contribution is 2.37. The van der Waals surface area contributed by atoms with Crippen molar-refractivity contribution in [2.45, 2.75) is 20.8 Å². The molecule has 138 valence electrons. The van der Waals surface area contributed by atoms with E-state index in [4.69, 9.17) is 9.47 Å². The number of nitro groups is 1. The van der Waals surface area contributed by atoms with Crippen molar-refractivity contribution in [3.63, 3.8) is 0 Å². The molecular formula is C16H18N4O6. The van der Waals surface area contributed by atoms with Gasteiger partial charge in [-0.15, -0.1) is 0 Å². The van der Waals surface area contributed by atoms with Gasteiger partial charge in [0.05, 0.1) is 36.7 Å². The predicted octanol–water partition coefficient (Wildman–Crippen LogP) is 1.89. The summed E-state index contributed by atoms with van der Waals surface area (Å²) in [5, 5.41) is 11.5. The van der Waals surface area contributed by atoms with Gasteiger partial charge in [-0.05, 0) is 23.8 Å². The summed E-state index contributed by atoms with van der Waals surface area (Å²) in [5.41, 5.74) is 0.454. The Morgan fingerprint density at radius 1 is 1.00 bits per heavy atom. The molecule has 2 aromatic heterocycles. The van der Waals surface area contributed by atoms with E-state index >= 15 is 0 Å². The van der Waals surface area contributed by atoms with Crippen molar-refractivity contribution >= 4 is 17.8 Å². The number of esters is 2. The van der Waals surface area contributed by atoms with Crippen LogP contribution in [0.5, 0.6) is 0 Å². The molecule has 2 heterocycles. The van der Waals surface area contributed by atoms with Crippen LogP contribution in [0, 0.1) is 30.9 Å². The Labute approximate surface area is 148 Å². The van der Waals surface area contributed by atoms with Crippen molar-refractivity contribution in [1.29, 1.82) is 0 Å². The van der Waals surface area contributed by atoms with E-state index < -0.39 is 22.7 Å². The molecule has 0 saturated carbocycles. The van der Waals surface area contributed by atoms with Gasteiger partial charge in [-0.25, -0.2) is 9.59 Å². The van der Waals surface area contributed by atoms with E-state index in [0.29, 0.717) is 5.82 Å². The van der Waals surface area contributed by atoms with Crippen LogP contribution in [0.2, 0.25) is 0 Å². The first kappa shape index (κ1) is 19.0. The van der Waals surface area contributed by atoms with Crippen molar-refractivity contribution in [2.75, 3.05) is 14.2 Å². The number of aromatic nitrogens is 3. The number of carbonyl (C=O) groups is 2. The maximum Gasteiger partial charge on any atom is 0.390 e. The lowest BCUT2D eigenvalue weighted by Gasteiger charge is -2.16. The summed E-state index contributed by atoms with van der Waals surface area (Å²) >= 11 is 0. The van der Waals surface area contributed by atoms with E-state index in [1.165, 1.54) is 18.8 Å². The number of methoxy groups -OCH3 is 2. The van der Waals surface area contributed by atoms with Crippen LogP contribution >= 0.6 is 0 Å². The van der Waals surface area contributed by atoms with E-state index in [0.717, 1.165) is 0 Å². The largest absolute Gasteiger partial charge is 0.465 e. The zero-order valence-electron chi connectivity index (χ0n) is 15.2. The fourth-order valence-corrected chi connectivity index (χ4v) is 2.79. The molecule has 0 saturated heterocycles. The first-order valence-corrected chi connectivity index (χ1v) is 7.51. The number of pyridine rings is 1. The normalized spacial score (nSPS) is 10.5. The van der Waals surface area contributed by atoms with E-state index in [9.17, 15) is 19.7 Å². The average Bonchev–Trinajstić information content (AvgIpc) is 2.88. The Kier molecular flexibility index (Phi) is 5.05. The molecular weight excluding hydrogens is 344 g/mol. The second-order valence-corrected chi connectivity index (χ2v) is 5.54. The molecule has 0 amide bonds. The first-order chi connectivity index (χ1) is 12.1. The van der Waals surface area contributed by atoms with Crippen LogP contribution in [-0.4, -0.2) is 45.6 Å². The fourth-order valence-electron chi connectivity index (χ4n) is 2.79. The number of aryl methyl sites for hydroxylation is 3. The minimum Gasteiger partial charge on any atom is -0.465 e. The topological polar surface area (TPSA) is 126 Å². The quantitative estimate of drug-likeness (QED) is 0.458. The molecule has 0 aromatic carbocycles. The molecule has 10 heteroatoms. The zero-order chi connectivity index (χ0) is 19.8. The minimum absolute atomic E-state index is 0.00176. The Balaban J connectivity index is 3.11. The summed E-state index contributed by atoms with van der Waals surface area (Å²) in [6, 6.07) is 0. The fraction of sp³-hybridized carbons (Fsp3) is 0.375. The highest BCUT2D eigenvalue weighted by molar-refractivity contribution is 6.07. The molecule has 0 aliphatic rings. The van der Waals surface area contributed by atoms with Crippen LogP contribution in [0.3, 0.4) is 0 Å². The highest BCUT2D eigenvalue weighted by atomic mass is 16.6. The van der Waals surface area contributed by atoms with Crippen LogP contribution in [0.25, 0.3) is 11.3 Å². The molecule has 0 atom stereocenters. The van der Waals surface area contributed by atoms with E-state index in [1.54, 1.807) is 27.8 Å². The Morgan fingerprint density at radius 3 is 1.85 bits per heavy atom. The zero-order valence-corrected chi connectivity index (χ0v) is 15.2. The number of imidazole rings is 1. The molecule has 0 unspecified atom stereocenters. The summed E-state index contributed by atoms with van der Waals surface area (Å²) < 4.78 is 11.0. The summed E-state index contributed by atoms with van der Waals surface area (Å²) in [6.45, 7) is 4.69. The average molecular weight is 362 g/mol. The van der Waals surface area contributed by atoms with Crippen LogP contribution in [0.4, 0.5) is 5.82 Å². The molecule has 0 aliphatic heterocycles. The Morgan fingerprint density at radius 2 is 1.46 bits per heavy atom. The Bertz CT molecular complexity index is 891. The summed E-state index contributed by atoms with van der Waals surface area (Å²) in [6.07, 6.45) is 0. The third-order valence-electron chi connectivity index (χ3n) is 4.05. The predicted molar refractivity (Wildman–Crippen MR) is 90.0 cm³/mol. The van der Waals surface area contributed by atoms with Crippen molar-refractivity contribution < 1.29 is 24.0 Å². The van der Waals surface area contributed by atoms with Crippen molar-refractivity contribution in [1.82, 2.24) is 14.5 Å². The van der Waals surface area contributed by atoms with Gasteiger partial charge in [-0.2, -0.15) is 0 Å². The number of rotatable bonds is 4. The van der Waals surface area contributed by atoms with Gasteiger partial charge in [0.1, 0.15) is 0 Å². The smallest absolute Gasteiger partial charge is 0.390 e.